The summed E-state index contributed by atoms with van der Waals surface area (Å²) >= 11 is 1.53. The number of rotatable bonds is 13. The zero-order chi connectivity index (χ0) is 20.1. The molecule has 0 spiro atoms. The van der Waals surface area contributed by atoms with Crippen LogP contribution in [0.4, 0.5) is 0 Å². The maximum absolute atomic E-state index is 11.9. The van der Waals surface area contributed by atoms with Gasteiger partial charge in [0.2, 0.25) is 17.7 Å². The Bertz CT molecular complexity index is 487. The molecule has 150 valence electrons. The summed E-state index contributed by atoms with van der Waals surface area (Å²) in [6.45, 7) is 4.59. The minimum atomic E-state index is -0.788. The van der Waals surface area contributed by atoms with Gasteiger partial charge in [-0.2, -0.15) is 0 Å². The van der Waals surface area contributed by atoms with Crippen LogP contribution in [0.25, 0.3) is 0 Å². The first-order valence-electron chi connectivity index (χ1n) is 8.58. The second-order valence-corrected chi connectivity index (χ2v) is 7.15. The molecule has 0 aliphatic rings. The first kappa shape index (κ1) is 24.2. The molecule has 0 bridgehead atoms. The predicted octanol–water partition coefficient (Wildman–Crippen LogP) is -0.205. The Morgan fingerprint density at radius 2 is 1.50 bits per heavy atom. The third kappa shape index (κ3) is 11.7. The molecule has 0 radical (unpaired) electrons. The molecule has 0 heterocycles. The van der Waals surface area contributed by atoms with Crippen LogP contribution in [0.5, 0.6) is 0 Å². The van der Waals surface area contributed by atoms with Crippen LogP contribution in [0.3, 0.4) is 0 Å². The van der Waals surface area contributed by atoms with Gasteiger partial charge in [-0.25, -0.2) is 0 Å². The topological polar surface area (TPSA) is 151 Å². The number of thioether (sulfide) groups is 1. The molecular weight excluding hydrogens is 360 g/mol. The third-order valence-electron chi connectivity index (χ3n) is 3.45. The second kappa shape index (κ2) is 13.4. The molecule has 0 aromatic heterocycles. The lowest BCUT2D eigenvalue weighted by Gasteiger charge is -2.19. The Kier molecular flexibility index (Phi) is 12.5. The fraction of sp³-hybridized carbons (Fsp3) is 0.750. The highest BCUT2D eigenvalue weighted by Gasteiger charge is 2.21. The summed E-state index contributed by atoms with van der Waals surface area (Å²) in [5.74, 6) is -0.775. The van der Waals surface area contributed by atoms with Crippen LogP contribution in [0.15, 0.2) is 0 Å². The lowest BCUT2D eigenvalue weighted by molar-refractivity contribution is -0.137. The quantitative estimate of drug-likeness (QED) is 0.216. The van der Waals surface area contributed by atoms with E-state index in [0.29, 0.717) is 12.3 Å². The Labute approximate surface area is 158 Å². The number of carbonyl (C=O) groups is 4. The van der Waals surface area contributed by atoms with Gasteiger partial charge >= 0.3 is 5.97 Å². The van der Waals surface area contributed by atoms with Gasteiger partial charge in [0.05, 0.1) is 11.9 Å². The number of carbonyl (C=O) groups excluding carboxylic acids is 3. The number of hydrogen-bond donors (Lipinski definition) is 5. The molecule has 9 nitrogen and oxygen atoms in total. The van der Waals surface area contributed by atoms with E-state index in [9.17, 15) is 19.2 Å². The number of nitrogens with one attached hydrogen (secondary N) is 3. The number of unbranched alkanes of at least 4 members (excludes halogenated alkanes) is 2. The summed E-state index contributed by atoms with van der Waals surface area (Å²) in [5.41, 5.74) is 5.42. The normalized spacial score (nSPS) is 14.0. The summed E-state index contributed by atoms with van der Waals surface area (Å²) in [7, 11) is 0. The minimum absolute atomic E-state index is 0.182. The van der Waals surface area contributed by atoms with E-state index in [1.165, 1.54) is 25.6 Å². The molecule has 0 aromatic carbocycles. The van der Waals surface area contributed by atoms with Gasteiger partial charge in [-0.05, 0) is 39.4 Å². The highest BCUT2D eigenvalue weighted by molar-refractivity contribution is 7.99. The van der Waals surface area contributed by atoms with Crippen molar-refractivity contribution < 1.29 is 24.3 Å². The SMILES string of the molecule is C[C@H](N)C(=O)N[C@@H](C)C(=O)N[C@@H](C)C(=O)NCSCCCCCC(=O)O. The molecule has 6 N–H and O–H groups in total. The van der Waals surface area contributed by atoms with Crippen LogP contribution in [0.1, 0.15) is 46.5 Å². The van der Waals surface area contributed by atoms with Crippen LogP contribution < -0.4 is 21.7 Å². The molecule has 0 aliphatic heterocycles. The minimum Gasteiger partial charge on any atom is -0.481 e. The van der Waals surface area contributed by atoms with Crippen molar-refractivity contribution in [3.05, 3.63) is 0 Å². The van der Waals surface area contributed by atoms with Crippen molar-refractivity contribution in [1.29, 1.82) is 0 Å². The number of carboxylic acid groups (broad SMARTS) is 1. The first-order valence-corrected chi connectivity index (χ1v) is 9.74. The summed E-state index contributed by atoms with van der Waals surface area (Å²) in [6.07, 6.45) is 2.56. The zero-order valence-corrected chi connectivity index (χ0v) is 16.4. The van der Waals surface area contributed by atoms with E-state index < -0.39 is 35.9 Å². The summed E-state index contributed by atoms with van der Waals surface area (Å²) in [4.78, 5) is 45.7. The molecule has 10 heteroatoms. The highest BCUT2D eigenvalue weighted by Crippen LogP contribution is 2.06. The van der Waals surface area contributed by atoms with Gasteiger partial charge in [-0.3, -0.25) is 19.2 Å². The zero-order valence-electron chi connectivity index (χ0n) is 15.5. The molecule has 0 saturated carbocycles. The van der Waals surface area contributed by atoms with Crippen molar-refractivity contribution in [3.8, 4) is 0 Å². The smallest absolute Gasteiger partial charge is 0.303 e. The average Bonchev–Trinajstić information content (AvgIpc) is 2.56. The van der Waals surface area contributed by atoms with Crippen molar-refractivity contribution in [3.63, 3.8) is 0 Å². The summed E-state index contributed by atoms with van der Waals surface area (Å²) in [6, 6.07) is -2.23. The van der Waals surface area contributed by atoms with Crippen molar-refractivity contribution in [2.24, 2.45) is 5.73 Å². The number of amides is 3. The van der Waals surface area contributed by atoms with Crippen molar-refractivity contribution in [2.45, 2.75) is 64.6 Å². The van der Waals surface area contributed by atoms with Gasteiger partial charge in [-0.1, -0.05) is 6.42 Å². The lowest BCUT2D eigenvalue weighted by Crippen LogP contribution is -2.53. The van der Waals surface area contributed by atoms with Gasteiger partial charge in [-0.15, -0.1) is 11.8 Å². The standard InChI is InChI=1S/C16H30N4O5S/c1-10(17)14(23)19-12(3)16(25)20-11(2)15(24)18-9-26-8-6-4-5-7-13(21)22/h10-12H,4-9,17H2,1-3H3,(H,18,24)(H,19,23)(H,20,25)(H,21,22)/t10-,11-,12-/m0/s1. The van der Waals surface area contributed by atoms with Gasteiger partial charge < -0.3 is 26.8 Å². The summed E-state index contributed by atoms with van der Waals surface area (Å²) < 4.78 is 0. The van der Waals surface area contributed by atoms with E-state index in [4.69, 9.17) is 10.8 Å². The maximum atomic E-state index is 11.9. The van der Waals surface area contributed by atoms with Crippen molar-refractivity contribution in [1.82, 2.24) is 16.0 Å². The van der Waals surface area contributed by atoms with Crippen LogP contribution in [-0.2, 0) is 19.2 Å². The fourth-order valence-electron chi connectivity index (χ4n) is 1.82. The molecule has 0 fully saturated rings. The monoisotopic (exact) mass is 390 g/mol. The average molecular weight is 391 g/mol. The molecular formula is C16H30N4O5S. The second-order valence-electron chi connectivity index (χ2n) is 6.05. The van der Waals surface area contributed by atoms with Crippen LogP contribution in [-0.4, -0.2) is 58.6 Å². The maximum Gasteiger partial charge on any atom is 0.303 e. The Hall–Kier alpha value is -1.81. The Morgan fingerprint density at radius 1 is 0.923 bits per heavy atom. The molecule has 0 unspecified atom stereocenters. The van der Waals surface area contributed by atoms with E-state index in [2.05, 4.69) is 16.0 Å². The van der Waals surface area contributed by atoms with Gasteiger partial charge in [0.15, 0.2) is 0 Å². The third-order valence-corrected chi connectivity index (χ3v) is 4.37. The van der Waals surface area contributed by atoms with Gasteiger partial charge in [0.25, 0.3) is 0 Å². The molecule has 0 aliphatic carbocycles. The largest absolute Gasteiger partial charge is 0.481 e. The molecule has 0 rings (SSSR count). The van der Waals surface area contributed by atoms with Gasteiger partial charge in [0.1, 0.15) is 12.1 Å². The van der Waals surface area contributed by atoms with E-state index in [-0.39, 0.29) is 12.3 Å². The number of hydrogen-bond acceptors (Lipinski definition) is 6. The summed E-state index contributed by atoms with van der Waals surface area (Å²) in [5, 5.41) is 16.2. The lowest BCUT2D eigenvalue weighted by atomic mass is 10.2. The van der Waals surface area contributed by atoms with Crippen LogP contribution in [0, 0.1) is 0 Å². The molecule has 3 atom stereocenters. The van der Waals surface area contributed by atoms with E-state index in [1.54, 1.807) is 6.92 Å². The fourth-order valence-corrected chi connectivity index (χ4v) is 2.62. The highest BCUT2D eigenvalue weighted by atomic mass is 32.2. The number of carboxylic acids is 1. The molecule has 3 amide bonds. The first-order chi connectivity index (χ1) is 12.1. The van der Waals surface area contributed by atoms with E-state index >= 15 is 0 Å². The van der Waals surface area contributed by atoms with E-state index in [0.717, 1.165) is 18.6 Å². The van der Waals surface area contributed by atoms with Crippen molar-refractivity contribution in [2.75, 3.05) is 11.6 Å². The number of aliphatic carboxylic acids is 1. The van der Waals surface area contributed by atoms with Gasteiger partial charge in [0, 0.05) is 6.42 Å². The number of nitrogens with two attached hydrogens (primary N) is 1. The predicted molar refractivity (Wildman–Crippen MR) is 100 cm³/mol. The molecule has 0 aromatic rings. The Balaban J connectivity index is 3.89. The van der Waals surface area contributed by atoms with Crippen molar-refractivity contribution >= 4 is 35.5 Å². The van der Waals surface area contributed by atoms with E-state index in [1.807, 2.05) is 0 Å². The van der Waals surface area contributed by atoms with Crippen LogP contribution in [0.2, 0.25) is 0 Å². The molecule has 0 saturated heterocycles. The Morgan fingerprint density at radius 3 is 2.08 bits per heavy atom. The molecule has 26 heavy (non-hydrogen) atoms. The van der Waals surface area contributed by atoms with Crippen LogP contribution >= 0.6 is 11.8 Å².